The molecule has 0 bridgehead atoms. The van der Waals surface area contributed by atoms with Crippen molar-refractivity contribution >= 4 is 33.6 Å². The normalized spacial score (nSPS) is 10.9. The zero-order valence-electron chi connectivity index (χ0n) is 14.9. The number of aromatic nitrogens is 1. The summed E-state index contributed by atoms with van der Waals surface area (Å²) in [5.41, 5.74) is 2.17. The fraction of sp³-hybridized carbons (Fsp3) is 0.0909. The molecular formula is C22H17NO4. The first-order valence-corrected chi connectivity index (χ1v) is 8.49. The van der Waals surface area contributed by atoms with Crippen molar-refractivity contribution in [2.24, 2.45) is 0 Å². The summed E-state index contributed by atoms with van der Waals surface area (Å²) >= 11 is 0. The van der Waals surface area contributed by atoms with E-state index in [1.807, 2.05) is 59.2 Å². The highest BCUT2D eigenvalue weighted by Crippen LogP contribution is 2.34. The lowest BCUT2D eigenvalue weighted by Crippen LogP contribution is -2.04. The molecule has 0 aliphatic carbocycles. The molecule has 0 unspecified atom stereocenters. The van der Waals surface area contributed by atoms with Crippen LogP contribution in [0.1, 0.15) is 17.3 Å². The minimum Gasteiger partial charge on any atom is -0.465 e. The standard InChI is InChI=1S/C22H17NO4/c1-14(24)27-20-13-23(18-11-4-3-9-16(18)20)19-12-6-8-15-7-5-10-17(21(15)19)22(25)26-2/h3-13H,1-2H3. The fourth-order valence-electron chi connectivity index (χ4n) is 3.39. The Labute approximate surface area is 155 Å². The molecule has 4 rings (SSSR count). The number of ether oxygens (including phenoxy) is 2. The third-order valence-electron chi connectivity index (χ3n) is 4.48. The van der Waals surface area contributed by atoms with Gasteiger partial charge in [-0.15, -0.1) is 0 Å². The van der Waals surface area contributed by atoms with E-state index in [0.29, 0.717) is 11.3 Å². The van der Waals surface area contributed by atoms with Crippen LogP contribution in [0.5, 0.6) is 5.75 Å². The van der Waals surface area contributed by atoms with Gasteiger partial charge in [0.05, 0.1) is 30.1 Å². The minimum absolute atomic E-state index is 0.383. The maximum absolute atomic E-state index is 12.3. The Morgan fingerprint density at radius 3 is 2.41 bits per heavy atom. The van der Waals surface area contributed by atoms with Crippen LogP contribution in [0.3, 0.4) is 0 Å². The summed E-state index contributed by atoms with van der Waals surface area (Å²) in [6, 6.07) is 19.0. The Morgan fingerprint density at radius 1 is 0.926 bits per heavy atom. The van der Waals surface area contributed by atoms with Crippen LogP contribution in [0.25, 0.3) is 27.4 Å². The Hall–Kier alpha value is -3.60. The SMILES string of the molecule is COC(=O)c1cccc2cccc(-n3cc(OC(C)=O)c4ccccc43)c12. The number of benzene rings is 3. The summed E-state index contributed by atoms with van der Waals surface area (Å²) in [6.45, 7) is 1.37. The van der Waals surface area contributed by atoms with Crippen LogP contribution in [0.4, 0.5) is 0 Å². The van der Waals surface area contributed by atoms with Crippen LogP contribution in [-0.2, 0) is 9.53 Å². The molecule has 4 aromatic rings. The van der Waals surface area contributed by atoms with E-state index < -0.39 is 5.97 Å². The average Bonchev–Trinajstić information content (AvgIpc) is 3.04. The van der Waals surface area contributed by atoms with Gasteiger partial charge in [-0.1, -0.05) is 36.4 Å². The first-order valence-electron chi connectivity index (χ1n) is 8.49. The van der Waals surface area contributed by atoms with E-state index in [4.69, 9.17) is 9.47 Å². The quantitative estimate of drug-likeness (QED) is 0.506. The van der Waals surface area contributed by atoms with Crippen molar-refractivity contribution in [3.8, 4) is 11.4 Å². The van der Waals surface area contributed by atoms with Crippen LogP contribution < -0.4 is 4.74 Å². The zero-order chi connectivity index (χ0) is 19.0. The number of hydrogen-bond donors (Lipinski definition) is 0. The summed E-state index contributed by atoms with van der Waals surface area (Å²) in [4.78, 5) is 23.8. The molecule has 1 aromatic heterocycles. The van der Waals surface area contributed by atoms with E-state index in [9.17, 15) is 9.59 Å². The Bertz CT molecular complexity index is 1180. The summed E-state index contributed by atoms with van der Waals surface area (Å²) < 4.78 is 12.3. The van der Waals surface area contributed by atoms with Crippen LogP contribution in [0.2, 0.25) is 0 Å². The highest BCUT2D eigenvalue weighted by molar-refractivity contribution is 6.08. The molecule has 0 N–H and O–H groups in total. The van der Waals surface area contributed by atoms with Gasteiger partial charge in [-0.3, -0.25) is 4.79 Å². The minimum atomic E-state index is -0.398. The van der Waals surface area contributed by atoms with Gasteiger partial charge >= 0.3 is 11.9 Å². The maximum Gasteiger partial charge on any atom is 0.338 e. The number of methoxy groups -OCH3 is 1. The van der Waals surface area contributed by atoms with Gasteiger partial charge in [0, 0.05) is 17.7 Å². The fourth-order valence-corrected chi connectivity index (χ4v) is 3.39. The number of para-hydroxylation sites is 1. The van der Waals surface area contributed by atoms with Gasteiger partial charge in [-0.25, -0.2) is 4.79 Å². The third-order valence-corrected chi connectivity index (χ3v) is 4.48. The molecule has 5 heteroatoms. The van der Waals surface area contributed by atoms with E-state index >= 15 is 0 Å². The summed E-state index contributed by atoms with van der Waals surface area (Å²) in [5, 5.41) is 2.52. The lowest BCUT2D eigenvalue weighted by molar-refractivity contribution is -0.131. The van der Waals surface area contributed by atoms with Crippen LogP contribution in [0.15, 0.2) is 66.9 Å². The van der Waals surface area contributed by atoms with Gasteiger partial charge in [0.15, 0.2) is 5.75 Å². The van der Waals surface area contributed by atoms with Gasteiger partial charge in [0.2, 0.25) is 0 Å². The van der Waals surface area contributed by atoms with E-state index in [2.05, 4.69) is 0 Å². The number of carbonyl (C=O) groups excluding carboxylic acids is 2. The number of fused-ring (bicyclic) bond motifs is 2. The van der Waals surface area contributed by atoms with Crippen molar-refractivity contribution in [1.82, 2.24) is 4.57 Å². The Morgan fingerprint density at radius 2 is 1.67 bits per heavy atom. The molecule has 0 saturated carbocycles. The maximum atomic E-state index is 12.3. The molecule has 0 saturated heterocycles. The molecule has 5 nitrogen and oxygen atoms in total. The number of nitrogens with zero attached hydrogens (tertiary/aromatic N) is 1. The van der Waals surface area contributed by atoms with Crippen molar-refractivity contribution in [2.45, 2.75) is 6.92 Å². The van der Waals surface area contributed by atoms with Gasteiger partial charge in [-0.2, -0.15) is 0 Å². The summed E-state index contributed by atoms with van der Waals surface area (Å²) in [6.07, 6.45) is 1.77. The Balaban J connectivity index is 2.06. The van der Waals surface area contributed by atoms with Crippen molar-refractivity contribution in [3.63, 3.8) is 0 Å². The van der Waals surface area contributed by atoms with E-state index in [1.54, 1.807) is 12.3 Å². The molecular weight excluding hydrogens is 342 g/mol. The molecule has 0 radical (unpaired) electrons. The summed E-state index contributed by atoms with van der Waals surface area (Å²) in [7, 11) is 1.37. The third kappa shape index (κ3) is 2.83. The van der Waals surface area contributed by atoms with E-state index in [1.165, 1.54) is 14.0 Å². The highest BCUT2D eigenvalue weighted by Gasteiger charge is 2.17. The largest absolute Gasteiger partial charge is 0.465 e. The molecule has 0 fully saturated rings. The Kier molecular flexibility index (Phi) is 4.12. The van der Waals surface area contributed by atoms with Gasteiger partial charge < -0.3 is 14.0 Å². The lowest BCUT2D eigenvalue weighted by Gasteiger charge is -2.12. The van der Waals surface area contributed by atoms with Crippen LogP contribution in [-0.4, -0.2) is 23.6 Å². The number of esters is 2. The zero-order valence-corrected chi connectivity index (χ0v) is 14.9. The van der Waals surface area contributed by atoms with Crippen molar-refractivity contribution in [1.29, 1.82) is 0 Å². The first-order chi connectivity index (χ1) is 13.1. The van der Waals surface area contributed by atoms with Gasteiger partial charge in [0.1, 0.15) is 0 Å². The predicted molar refractivity (Wildman–Crippen MR) is 103 cm³/mol. The number of carbonyl (C=O) groups is 2. The molecule has 27 heavy (non-hydrogen) atoms. The molecule has 134 valence electrons. The van der Waals surface area contributed by atoms with Crippen molar-refractivity contribution in [3.05, 3.63) is 72.4 Å². The second-order valence-corrected chi connectivity index (χ2v) is 6.15. The molecule has 0 spiro atoms. The van der Waals surface area contributed by atoms with E-state index in [0.717, 1.165) is 27.4 Å². The average molecular weight is 359 g/mol. The van der Waals surface area contributed by atoms with Crippen molar-refractivity contribution < 1.29 is 19.1 Å². The molecule has 1 heterocycles. The monoisotopic (exact) mass is 359 g/mol. The second kappa shape index (κ2) is 6.61. The predicted octanol–water partition coefficient (Wildman–Crippen LogP) is 4.50. The molecule has 0 atom stereocenters. The highest BCUT2D eigenvalue weighted by atomic mass is 16.5. The molecule has 0 aliphatic heterocycles. The smallest absolute Gasteiger partial charge is 0.338 e. The van der Waals surface area contributed by atoms with Gasteiger partial charge in [-0.05, 0) is 29.7 Å². The van der Waals surface area contributed by atoms with Crippen LogP contribution in [0, 0.1) is 0 Å². The second-order valence-electron chi connectivity index (χ2n) is 6.15. The number of rotatable bonds is 3. The molecule has 3 aromatic carbocycles. The van der Waals surface area contributed by atoms with E-state index in [-0.39, 0.29) is 5.97 Å². The lowest BCUT2D eigenvalue weighted by atomic mass is 10.0. The topological polar surface area (TPSA) is 57.5 Å². The van der Waals surface area contributed by atoms with Crippen LogP contribution >= 0.6 is 0 Å². The number of hydrogen-bond acceptors (Lipinski definition) is 4. The molecule has 0 amide bonds. The molecule has 0 aliphatic rings. The van der Waals surface area contributed by atoms with Gasteiger partial charge in [0.25, 0.3) is 0 Å². The first kappa shape index (κ1) is 16.8. The summed E-state index contributed by atoms with van der Waals surface area (Å²) in [5.74, 6) is -0.304. The van der Waals surface area contributed by atoms with Crippen molar-refractivity contribution in [2.75, 3.05) is 7.11 Å².